The topological polar surface area (TPSA) is 125 Å². The van der Waals surface area contributed by atoms with Crippen molar-refractivity contribution in [3.63, 3.8) is 0 Å². The van der Waals surface area contributed by atoms with Crippen molar-refractivity contribution in [3.8, 4) is 0 Å². The van der Waals surface area contributed by atoms with Crippen LogP contribution in [-0.4, -0.2) is 64.3 Å². The first kappa shape index (κ1) is 28.0. The molecule has 35 heavy (non-hydrogen) atoms. The van der Waals surface area contributed by atoms with Crippen molar-refractivity contribution >= 4 is 58.3 Å². The van der Waals surface area contributed by atoms with Gasteiger partial charge in [-0.05, 0) is 18.9 Å². The average molecular weight is 567 g/mol. The van der Waals surface area contributed by atoms with Crippen LogP contribution >= 0.6 is 46.4 Å². The van der Waals surface area contributed by atoms with E-state index in [4.69, 9.17) is 55.9 Å². The van der Waals surface area contributed by atoms with Crippen LogP contribution in [-0.2, 0) is 16.1 Å². The second-order valence-corrected chi connectivity index (χ2v) is 9.52. The second kappa shape index (κ2) is 12.1. The molecule has 5 atom stereocenters. The Balaban J connectivity index is 1.83. The highest BCUT2D eigenvalue weighted by Crippen LogP contribution is 2.41. The van der Waals surface area contributed by atoms with E-state index >= 15 is 0 Å². The number of hydrogen-bond acceptors (Lipinski definition) is 7. The number of carbonyl (C=O) groups is 2. The third-order valence-electron chi connectivity index (χ3n) is 5.63. The minimum atomic E-state index is -1.35. The molecule has 0 bridgehead atoms. The summed E-state index contributed by atoms with van der Waals surface area (Å²) in [7, 11) is 0. The molecule has 2 aromatic rings. The average Bonchev–Trinajstić information content (AvgIpc) is 2.93. The molecule has 2 aromatic carbocycles. The Morgan fingerprint density at radius 3 is 2.17 bits per heavy atom. The number of carbonyl (C=O) groups excluding carboxylic acids is 2. The Bertz CT molecular complexity index is 1060. The Morgan fingerprint density at radius 1 is 1.03 bits per heavy atom. The van der Waals surface area contributed by atoms with Gasteiger partial charge in [0.1, 0.15) is 18.8 Å². The predicted octanol–water partition coefficient (Wildman–Crippen LogP) is 3.65. The van der Waals surface area contributed by atoms with E-state index in [9.17, 15) is 24.9 Å². The van der Waals surface area contributed by atoms with Crippen LogP contribution in [0.15, 0.2) is 30.3 Å². The van der Waals surface area contributed by atoms with Gasteiger partial charge >= 0.3 is 5.97 Å². The van der Waals surface area contributed by atoms with Gasteiger partial charge in [-0.25, -0.2) is 4.79 Å². The summed E-state index contributed by atoms with van der Waals surface area (Å²) in [5.74, 6) is -1.67. The number of halogens is 4. The van der Waals surface area contributed by atoms with Gasteiger partial charge in [0.2, 0.25) is 0 Å². The molecule has 1 saturated heterocycles. The van der Waals surface area contributed by atoms with Crippen molar-refractivity contribution in [3.05, 3.63) is 67.1 Å². The zero-order chi connectivity index (χ0) is 25.9. The summed E-state index contributed by atoms with van der Waals surface area (Å²) in [5, 5.41) is 31.1. The molecule has 1 fully saturated rings. The lowest BCUT2D eigenvalue weighted by Crippen LogP contribution is -2.44. The molecule has 0 saturated carbocycles. The van der Waals surface area contributed by atoms with E-state index in [-0.39, 0.29) is 44.2 Å². The minimum absolute atomic E-state index is 0.0492. The molecule has 0 aliphatic carbocycles. The van der Waals surface area contributed by atoms with E-state index in [0.717, 1.165) is 5.56 Å². The Labute approximate surface area is 221 Å². The molecule has 3 rings (SSSR count). The first-order chi connectivity index (χ1) is 16.6. The van der Waals surface area contributed by atoms with Crippen LogP contribution in [0, 0.1) is 0 Å². The maximum atomic E-state index is 13.1. The zero-order valence-corrected chi connectivity index (χ0v) is 21.4. The van der Waals surface area contributed by atoms with Gasteiger partial charge in [-0.1, -0.05) is 76.7 Å². The molecule has 12 heteroatoms. The van der Waals surface area contributed by atoms with Crippen LogP contribution in [0.2, 0.25) is 20.1 Å². The normalized spacial score (nSPS) is 24.5. The van der Waals surface area contributed by atoms with Crippen molar-refractivity contribution in [1.29, 1.82) is 0 Å². The van der Waals surface area contributed by atoms with Crippen LogP contribution in [0.25, 0.3) is 0 Å². The highest BCUT2D eigenvalue weighted by atomic mass is 35.5. The second-order valence-electron chi connectivity index (χ2n) is 8.00. The number of aliphatic hydroxyl groups is 3. The third-order valence-corrected chi connectivity index (χ3v) is 7.34. The fraction of sp³-hybridized carbons (Fsp3) is 0.391. The Morgan fingerprint density at radius 2 is 1.60 bits per heavy atom. The van der Waals surface area contributed by atoms with Crippen molar-refractivity contribution in [2.24, 2.45) is 0 Å². The fourth-order valence-electron chi connectivity index (χ4n) is 3.66. The fourth-order valence-corrected chi connectivity index (χ4v) is 4.84. The van der Waals surface area contributed by atoms with Crippen LogP contribution in [0.3, 0.4) is 0 Å². The van der Waals surface area contributed by atoms with Gasteiger partial charge in [0, 0.05) is 0 Å². The molecule has 1 aliphatic rings. The van der Waals surface area contributed by atoms with Crippen LogP contribution in [0.1, 0.15) is 39.6 Å². The van der Waals surface area contributed by atoms with E-state index in [1.807, 2.05) is 6.07 Å². The van der Waals surface area contributed by atoms with Crippen LogP contribution < -0.4 is 5.32 Å². The summed E-state index contributed by atoms with van der Waals surface area (Å²) in [6, 6.07) is 8.13. The van der Waals surface area contributed by atoms with Gasteiger partial charge in [-0.2, -0.15) is 0 Å². The van der Waals surface area contributed by atoms with Crippen LogP contribution in [0.4, 0.5) is 0 Å². The molecule has 0 radical (unpaired) electrons. The largest absolute Gasteiger partial charge is 0.457 e. The van der Waals surface area contributed by atoms with E-state index in [1.54, 1.807) is 31.2 Å². The maximum absolute atomic E-state index is 13.1. The number of esters is 1. The molecule has 190 valence electrons. The zero-order valence-electron chi connectivity index (χ0n) is 18.4. The number of aliphatic hydroxyl groups excluding tert-OH is 3. The number of benzene rings is 2. The van der Waals surface area contributed by atoms with Crippen molar-refractivity contribution in [2.45, 2.75) is 50.4 Å². The number of rotatable bonds is 6. The number of amides is 1. The smallest absolute Gasteiger partial charge is 0.341 e. The SMILES string of the molecule is C[C@H]1OC(CO)[C@H](O)C(O)CC1NC(=O)c1c(Cl)c(Cl)c(C(=O)OCc2ccccc2)c(Cl)c1Cl. The van der Waals surface area contributed by atoms with E-state index < -0.39 is 48.9 Å². The molecule has 0 spiro atoms. The molecular weight excluding hydrogens is 544 g/mol. The quantitative estimate of drug-likeness (QED) is 0.310. The number of hydrogen-bond donors (Lipinski definition) is 4. The minimum Gasteiger partial charge on any atom is -0.457 e. The number of ether oxygens (including phenoxy) is 2. The van der Waals surface area contributed by atoms with Crippen molar-refractivity contribution in [2.75, 3.05) is 6.61 Å². The summed E-state index contributed by atoms with van der Waals surface area (Å²) >= 11 is 25.2. The van der Waals surface area contributed by atoms with Crippen LogP contribution in [0.5, 0.6) is 0 Å². The van der Waals surface area contributed by atoms with Gasteiger partial charge in [-0.15, -0.1) is 0 Å². The molecule has 1 amide bonds. The molecule has 8 nitrogen and oxygen atoms in total. The highest BCUT2D eigenvalue weighted by molar-refractivity contribution is 6.52. The molecule has 0 aromatic heterocycles. The first-order valence-electron chi connectivity index (χ1n) is 10.6. The van der Waals surface area contributed by atoms with E-state index in [1.165, 1.54) is 0 Å². The van der Waals surface area contributed by atoms with Crippen molar-refractivity contribution < 1.29 is 34.4 Å². The first-order valence-corrected chi connectivity index (χ1v) is 12.1. The van der Waals surface area contributed by atoms with Gasteiger partial charge in [0.15, 0.2) is 0 Å². The summed E-state index contributed by atoms with van der Waals surface area (Å²) in [4.78, 5) is 25.8. The Hall–Kier alpha value is -1.62. The summed E-state index contributed by atoms with van der Waals surface area (Å²) in [5.41, 5.74) is 0.163. The monoisotopic (exact) mass is 565 g/mol. The summed E-state index contributed by atoms with van der Waals surface area (Å²) < 4.78 is 10.8. The van der Waals surface area contributed by atoms with Gasteiger partial charge in [0.05, 0.1) is 56.1 Å². The maximum Gasteiger partial charge on any atom is 0.341 e. The van der Waals surface area contributed by atoms with E-state index in [2.05, 4.69) is 5.32 Å². The summed E-state index contributed by atoms with van der Waals surface area (Å²) in [6.07, 6.45) is -4.42. The van der Waals surface area contributed by atoms with Gasteiger partial charge in [-0.3, -0.25) is 4.79 Å². The summed E-state index contributed by atoms with van der Waals surface area (Å²) in [6.45, 7) is 1.04. The molecule has 1 heterocycles. The predicted molar refractivity (Wildman–Crippen MR) is 131 cm³/mol. The molecule has 4 N–H and O–H groups in total. The standard InChI is InChI=1S/C23H23Cl4NO7/c1-10-12(7-13(30)21(31)14(8-29)35-10)28-22(32)15-17(24)19(26)16(20(27)18(15)25)23(33)34-9-11-5-3-2-4-6-11/h2-6,10,12-14,21,29-31H,7-9H2,1H3,(H,28,32)/t10-,12?,13?,14?,21-/m1/s1. The van der Waals surface area contributed by atoms with Gasteiger partial charge in [0.25, 0.3) is 5.91 Å². The van der Waals surface area contributed by atoms with Crippen molar-refractivity contribution in [1.82, 2.24) is 5.32 Å². The molecular formula is C23H23Cl4NO7. The lowest BCUT2D eigenvalue weighted by molar-refractivity contribution is -0.108. The number of nitrogens with one attached hydrogen (secondary N) is 1. The molecule has 3 unspecified atom stereocenters. The van der Waals surface area contributed by atoms with Gasteiger partial charge < -0.3 is 30.1 Å². The molecule has 1 aliphatic heterocycles. The van der Waals surface area contributed by atoms with E-state index in [0.29, 0.717) is 0 Å². The lowest BCUT2D eigenvalue weighted by Gasteiger charge is -2.25. The third kappa shape index (κ3) is 6.21. The lowest BCUT2D eigenvalue weighted by atomic mass is 10.0. The highest BCUT2D eigenvalue weighted by Gasteiger charge is 2.38. The Kier molecular flexibility index (Phi) is 9.65.